The third-order valence-corrected chi connectivity index (χ3v) is 3.14. The lowest BCUT2D eigenvalue weighted by atomic mass is 10.2. The maximum absolute atomic E-state index is 9.49. The molecule has 0 bridgehead atoms. The zero-order chi connectivity index (χ0) is 13.8. The number of rotatable bonds is 4. The van der Waals surface area contributed by atoms with E-state index in [0.29, 0.717) is 5.69 Å². The fraction of sp³-hybridized carbons (Fsp3) is 0.312. The van der Waals surface area contributed by atoms with Gasteiger partial charge in [-0.3, -0.25) is 4.98 Å². The van der Waals surface area contributed by atoms with Crippen LogP contribution in [0.1, 0.15) is 31.2 Å². The van der Waals surface area contributed by atoms with E-state index >= 15 is 0 Å². The molecule has 100 valence electrons. The lowest BCUT2D eigenvalue weighted by Crippen LogP contribution is -2.16. The first-order chi connectivity index (χ1) is 9.11. The van der Waals surface area contributed by atoms with Crippen molar-refractivity contribution < 1.29 is 5.11 Å². The molecule has 1 N–H and O–H groups in total. The second-order valence-electron chi connectivity index (χ2n) is 4.70. The molecule has 1 atom stereocenters. The van der Waals surface area contributed by atoms with E-state index in [1.165, 1.54) is 5.56 Å². The zero-order valence-electron chi connectivity index (χ0n) is 11.7. The van der Waals surface area contributed by atoms with Crippen LogP contribution in [0.15, 0.2) is 42.6 Å². The SMILES string of the molecule is CCN(c1ccc([C@H](C)O)nc1)c1cccc(C)c1. The van der Waals surface area contributed by atoms with E-state index in [0.717, 1.165) is 17.9 Å². The number of hydrogen-bond acceptors (Lipinski definition) is 3. The molecule has 0 saturated heterocycles. The number of anilines is 2. The molecule has 0 saturated carbocycles. The molecule has 0 amide bonds. The van der Waals surface area contributed by atoms with Gasteiger partial charge in [-0.25, -0.2) is 0 Å². The van der Waals surface area contributed by atoms with Gasteiger partial charge in [0, 0.05) is 12.2 Å². The molecule has 1 aromatic carbocycles. The van der Waals surface area contributed by atoms with Crippen LogP contribution in [-0.2, 0) is 0 Å². The van der Waals surface area contributed by atoms with Crippen LogP contribution in [0.25, 0.3) is 0 Å². The highest BCUT2D eigenvalue weighted by Gasteiger charge is 2.09. The van der Waals surface area contributed by atoms with Gasteiger partial charge in [0.1, 0.15) is 0 Å². The third kappa shape index (κ3) is 3.12. The van der Waals surface area contributed by atoms with Crippen LogP contribution in [0.3, 0.4) is 0 Å². The summed E-state index contributed by atoms with van der Waals surface area (Å²) in [6.45, 7) is 6.80. The topological polar surface area (TPSA) is 36.4 Å². The number of aromatic nitrogens is 1. The van der Waals surface area contributed by atoms with Gasteiger partial charge < -0.3 is 10.0 Å². The molecular formula is C16H20N2O. The molecule has 3 nitrogen and oxygen atoms in total. The number of aryl methyl sites for hydroxylation is 1. The number of aliphatic hydroxyl groups excluding tert-OH is 1. The Bertz CT molecular complexity index is 535. The van der Waals surface area contributed by atoms with Gasteiger partial charge >= 0.3 is 0 Å². The van der Waals surface area contributed by atoms with E-state index in [4.69, 9.17) is 0 Å². The van der Waals surface area contributed by atoms with Crippen LogP contribution in [0.5, 0.6) is 0 Å². The highest BCUT2D eigenvalue weighted by Crippen LogP contribution is 2.25. The minimum absolute atomic E-state index is 0.525. The predicted molar refractivity (Wildman–Crippen MR) is 78.7 cm³/mol. The van der Waals surface area contributed by atoms with Crippen molar-refractivity contribution in [1.29, 1.82) is 0 Å². The van der Waals surface area contributed by atoms with Gasteiger partial charge in [0.2, 0.25) is 0 Å². The van der Waals surface area contributed by atoms with E-state index < -0.39 is 6.10 Å². The quantitative estimate of drug-likeness (QED) is 0.908. The number of hydrogen-bond donors (Lipinski definition) is 1. The second-order valence-corrected chi connectivity index (χ2v) is 4.70. The standard InChI is InChI=1S/C16H20N2O/c1-4-18(14-7-5-6-12(2)10-14)15-8-9-16(13(3)19)17-11-15/h5-11,13,19H,4H2,1-3H3/t13-/m0/s1. The summed E-state index contributed by atoms with van der Waals surface area (Å²) < 4.78 is 0. The smallest absolute Gasteiger partial charge is 0.0931 e. The molecule has 0 aliphatic rings. The number of pyridine rings is 1. The molecular weight excluding hydrogens is 236 g/mol. The second kappa shape index (κ2) is 5.85. The van der Waals surface area contributed by atoms with E-state index in [9.17, 15) is 5.11 Å². The molecule has 0 aliphatic heterocycles. The average Bonchev–Trinajstić information content (AvgIpc) is 2.40. The van der Waals surface area contributed by atoms with Gasteiger partial charge in [0.25, 0.3) is 0 Å². The Balaban J connectivity index is 2.31. The van der Waals surface area contributed by atoms with Crippen molar-refractivity contribution in [3.05, 3.63) is 53.9 Å². The maximum Gasteiger partial charge on any atom is 0.0931 e. The predicted octanol–water partition coefficient (Wildman–Crippen LogP) is 3.60. The molecule has 0 fully saturated rings. The van der Waals surface area contributed by atoms with Crippen LogP contribution in [0, 0.1) is 6.92 Å². The molecule has 1 heterocycles. The third-order valence-electron chi connectivity index (χ3n) is 3.14. The molecule has 0 unspecified atom stereocenters. The first-order valence-corrected chi connectivity index (χ1v) is 6.60. The summed E-state index contributed by atoms with van der Waals surface area (Å²) in [6, 6.07) is 12.3. The van der Waals surface area contributed by atoms with E-state index in [1.54, 1.807) is 6.92 Å². The summed E-state index contributed by atoms with van der Waals surface area (Å²) in [6.07, 6.45) is 1.29. The monoisotopic (exact) mass is 256 g/mol. The maximum atomic E-state index is 9.49. The molecule has 2 rings (SSSR count). The van der Waals surface area contributed by atoms with E-state index in [-0.39, 0.29) is 0 Å². The van der Waals surface area contributed by atoms with Crippen molar-refractivity contribution in [2.45, 2.75) is 26.9 Å². The van der Waals surface area contributed by atoms with Crippen LogP contribution in [0.4, 0.5) is 11.4 Å². The molecule has 2 aromatic rings. The van der Waals surface area contributed by atoms with Crippen molar-refractivity contribution in [2.24, 2.45) is 0 Å². The fourth-order valence-electron chi connectivity index (χ4n) is 2.11. The van der Waals surface area contributed by atoms with Gasteiger partial charge in [-0.2, -0.15) is 0 Å². The number of nitrogens with zero attached hydrogens (tertiary/aromatic N) is 2. The van der Waals surface area contributed by atoms with Gasteiger partial charge in [-0.1, -0.05) is 12.1 Å². The normalized spacial score (nSPS) is 12.2. The van der Waals surface area contributed by atoms with Crippen molar-refractivity contribution in [2.75, 3.05) is 11.4 Å². The largest absolute Gasteiger partial charge is 0.387 e. The highest BCUT2D eigenvalue weighted by atomic mass is 16.3. The van der Waals surface area contributed by atoms with Gasteiger partial charge in [0.05, 0.1) is 23.7 Å². The summed E-state index contributed by atoms with van der Waals surface area (Å²) in [5.74, 6) is 0. The molecule has 0 spiro atoms. The highest BCUT2D eigenvalue weighted by molar-refractivity contribution is 5.63. The zero-order valence-corrected chi connectivity index (χ0v) is 11.7. The fourth-order valence-corrected chi connectivity index (χ4v) is 2.11. The van der Waals surface area contributed by atoms with E-state index in [2.05, 4.69) is 48.0 Å². The Morgan fingerprint density at radius 1 is 1.21 bits per heavy atom. The van der Waals surface area contributed by atoms with Crippen molar-refractivity contribution >= 4 is 11.4 Å². The van der Waals surface area contributed by atoms with Gasteiger partial charge in [-0.05, 0) is 50.6 Å². The Kier molecular flexibility index (Phi) is 4.17. The molecule has 0 aliphatic carbocycles. The first-order valence-electron chi connectivity index (χ1n) is 6.60. The molecule has 19 heavy (non-hydrogen) atoms. The minimum atomic E-state index is -0.525. The summed E-state index contributed by atoms with van der Waals surface area (Å²) >= 11 is 0. The van der Waals surface area contributed by atoms with Crippen molar-refractivity contribution in [3.63, 3.8) is 0 Å². The number of aliphatic hydroxyl groups is 1. The van der Waals surface area contributed by atoms with Gasteiger partial charge in [0.15, 0.2) is 0 Å². The summed E-state index contributed by atoms with van der Waals surface area (Å²) in [5, 5.41) is 9.49. The Hall–Kier alpha value is -1.87. The van der Waals surface area contributed by atoms with Crippen LogP contribution in [0.2, 0.25) is 0 Å². The van der Waals surface area contributed by atoms with Crippen LogP contribution >= 0.6 is 0 Å². The van der Waals surface area contributed by atoms with Crippen molar-refractivity contribution in [3.8, 4) is 0 Å². The Labute approximate surface area is 114 Å². The lowest BCUT2D eigenvalue weighted by Gasteiger charge is -2.23. The Morgan fingerprint density at radius 2 is 2.00 bits per heavy atom. The number of benzene rings is 1. The van der Waals surface area contributed by atoms with Gasteiger partial charge in [-0.15, -0.1) is 0 Å². The van der Waals surface area contributed by atoms with Crippen molar-refractivity contribution in [1.82, 2.24) is 4.98 Å². The summed E-state index contributed by atoms with van der Waals surface area (Å²) in [7, 11) is 0. The molecule has 1 aromatic heterocycles. The van der Waals surface area contributed by atoms with E-state index in [1.807, 2.05) is 18.3 Å². The van der Waals surface area contributed by atoms with Crippen LogP contribution in [-0.4, -0.2) is 16.6 Å². The van der Waals surface area contributed by atoms with Crippen LogP contribution < -0.4 is 4.90 Å². The summed E-state index contributed by atoms with van der Waals surface area (Å²) in [5.41, 5.74) is 4.14. The average molecular weight is 256 g/mol. The molecule has 0 radical (unpaired) electrons. The first kappa shape index (κ1) is 13.6. The summed E-state index contributed by atoms with van der Waals surface area (Å²) in [4.78, 5) is 6.50. The Morgan fingerprint density at radius 3 is 2.53 bits per heavy atom. The lowest BCUT2D eigenvalue weighted by molar-refractivity contribution is 0.194. The molecule has 3 heteroatoms. The minimum Gasteiger partial charge on any atom is -0.387 e.